The lowest BCUT2D eigenvalue weighted by Gasteiger charge is -2.36. The molecule has 2 amide bonds. The van der Waals surface area contributed by atoms with Gasteiger partial charge in [0.05, 0.1) is 0 Å². The van der Waals surface area contributed by atoms with Crippen LogP contribution in [0.25, 0.3) is 10.8 Å². The number of benzene rings is 2. The average Bonchev–Trinajstić information content (AvgIpc) is 3.29. The molecule has 2 saturated heterocycles. The summed E-state index contributed by atoms with van der Waals surface area (Å²) in [6.45, 7) is 4.51. The summed E-state index contributed by atoms with van der Waals surface area (Å²) in [6.07, 6.45) is 3.15. The molecule has 1 aromatic heterocycles. The largest absolute Gasteiger partial charge is 0.342 e. The Morgan fingerprint density at radius 3 is 2.31 bits per heavy atom. The highest BCUT2D eigenvalue weighted by atomic mass is 16.5. The highest BCUT2D eigenvalue weighted by Crippen LogP contribution is 2.29. The zero-order valence-corrected chi connectivity index (χ0v) is 18.4. The van der Waals surface area contributed by atoms with E-state index in [1.165, 1.54) is 0 Å². The minimum Gasteiger partial charge on any atom is -0.342 e. The van der Waals surface area contributed by atoms with Crippen LogP contribution in [-0.2, 0) is 4.79 Å². The normalized spacial score (nSPS) is 18.3. The molecule has 2 fully saturated rings. The van der Waals surface area contributed by atoms with Crippen molar-refractivity contribution in [2.24, 2.45) is 5.92 Å². The fourth-order valence-corrected chi connectivity index (χ4v) is 5.00. The van der Waals surface area contributed by atoms with Gasteiger partial charge >= 0.3 is 0 Å². The first-order chi connectivity index (χ1) is 15.6. The van der Waals surface area contributed by atoms with E-state index in [9.17, 15) is 9.59 Å². The smallest absolute Gasteiger partial charge is 0.254 e. The molecule has 5 rings (SSSR count). The Morgan fingerprint density at radius 2 is 1.59 bits per heavy atom. The van der Waals surface area contributed by atoms with E-state index in [0.717, 1.165) is 55.1 Å². The molecule has 0 saturated carbocycles. The van der Waals surface area contributed by atoms with Crippen LogP contribution < -0.4 is 0 Å². The topological polar surface area (TPSA) is 79.5 Å². The van der Waals surface area contributed by atoms with Crippen LogP contribution in [0.4, 0.5) is 0 Å². The average molecular weight is 433 g/mol. The van der Waals surface area contributed by atoms with Crippen molar-refractivity contribution in [2.75, 3.05) is 26.2 Å². The van der Waals surface area contributed by atoms with E-state index in [-0.39, 0.29) is 23.7 Å². The standard InChI is InChI=1S/C25H28N4O3/c1-17-26-23(32-27-17)19-9-13-28(14-10-19)24(30)20-11-15-29(16-12-20)25(31)22-8-4-6-18-5-2-3-7-21(18)22/h2-8,19-20H,9-16H2,1H3. The van der Waals surface area contributed by atoms with Crippen LogP contribution in [0.2, 0.25) is 0 Å². The predicted molar refractivity (Wildman–Crippen MR) is 120 cm³/mol. The Bertz CT molecular complexity index is 1120. The van der Waals surface area contributed by atoms with Crippen LogP contribution in [-0.4, -0.2) is 57.9 Å². The number of hydrogen-bond donors (Lipinski definition) is 0. The second-order valence-corrected chi connectivity index (χ2v) is 8.87. The molecule has 0 atom stereocenters. The van der Waals surface area contributed by atoms with Crippen molar-refractivity contribution in [3.63, 3.8) is 0 Å². The van der Waals surface area contributed by atoms with Crippen molar-refractivity contribution in [1.82, 2.24) is 19.9 Å². The third-order valence-corrected chi connectivity index (χ3v) is 6.85. The monoisotopic (exact) mass is 432 g/mol. The number of likely N-dealkylation sites (tertiary alicyclic amines) is 2. The van der Waals surface area contributed by atoms with Crippen molar-refractivity contribution < 1.29 is 14.1 Å². The Balaban J connectivity index is 1.17. The fourth-order valence-electron chi connectivity index (χ4n) is 5.00. The molecule has 7 nitrogen and oxygen atoms in total. The molecule has 166 valence electrons. The molecule has 3 heterocycles. The van der Waals surface area contributed by atoms with Crippen LogP contribution in [0.5, 0.6) is 0 Å². The van der Waals surface area contributed by atoms with Crippen molar-refractivity contribution in [1.29, 1.82) is 0 Å². The molecule has 2 aliphatic rings. The molecule has 0 bridgehead atoms. The van der Waals surface area contributed by atoms with E-state index < -0.39 is 0 Å². The molecule has 32 heavy (non-hydrogen) atoms. The zero-order valence-electron chi connectivity index (χ0n) is 18.4. The van der Waals surface area contributed by atoms with Crippen LogP contribution >= 0.6 is 0 Å². The van der Waals surface area contributed by atoms with E-state index in [0.29, 0.717) is 24.8 Å². The molecule has 2 aromatic carbocycles. The molecular formula is C25H28N4O3. The summed E-state index contributed by atoms with van der Waals surface area (Å²) in [6, 6.07) is 13.8. The fraction of sp³-hybridized carbons (Fsp3) is 0.440. The Kier molecular flexibility index (Phi) is 5.64. The molecule has 0 spiro atoms. The number of aromatic nitrogens is 2. The highest BCUT2D eigenvalue weighted by molar-refractivity contribution is 6.07. The van der Waals surface area contributed by atoms with Gasteiger partial charge in [0.15, 0.2) is 5.82 Å². The maximum absolute atomic E-state index is 13.2. The minimum atomic E-state index is -0.00577. The molecule has 0 radical (unpaired) electrons. The molecule has 0 unspecified atom stereocenters. The third-order valence-electron chi connectivity index (χ3n) is 6.85. The number of amides is 2. The van der Waals surface area contributed by atoms with Crippen molar-refractivity contribution in [3.05, 3.63) is 59.7 Å². The van der Waals surface area contributed by atoms with E-state index >= 15 is 0 Å². The van der Waals surface area contributed by atoms with Gasteiger partial charge in [0.1, 0.15) is 0 Å². The number of rotatable bonds is 3. The minimum absolute atomic E-state index is 0.00577. The third kappa shape index (κ3) is 3.99. The number of fused-ring (bicyclic) bond motifs is 1. The second-order valence-electron chi connectivity index (χ2n) is 8.87. The summed E-state index contributed by atoms with van der Waals surface area (Å²) < 4.78 is 5.31. The summed E-state index contributed by atoms with van der Waals surface area (Å²) in [5.41, 5.74) is 0.742. The van der Waals surface area contributed by atoms with E-state index in [4.69, 9.17) is 4.52 Å². The van der Waals surface area contributed by atoms with E-state index in [2.05, 4.69) is 10.1 Å². The van der Waals surface area contributed by atoms with E-state index in [1.807, 2.05) is 59.2 Å². The predicted octanol–water partition coefficient (Wildman–Crippen LogP) is 3.79. The van der Waals surface area contributed by atoms with Gasteiger partial charge in [-0.2, -0.15) is 4.98 Å². The van der Waals surface area contributed by atoms with Crippen molar-refractivity contribution in [3.8, 4) is 0 Å². The lowest BCUT2D eigenvalue weighted by molar-refractivity contribution is -0.138. The van der Waals surface area contributed by atoms with Gasteiger partial charge in [0.25, 0.3) is 5.91 Å². The summed E-state index contributed by atoms with van der Waals surface area (Å²) in [5, 5.41) is 5.94. The highest BCUT2D eigenvalue weighted by Gasteiger charge is 2.33. The van der Waals surface area contributed by atoms with Gasteiger partial charge in [0.2, 0.25) is 11.8 Å². The Morgan fingerprint density at radius 1 is 0.906 bits per heavy atom. The second kappa shape index (κ2) is 8.73. The number of nitrogens with zero attached hydrogens (tertiary/aromatic N) is 4. The maximum atomic E-state index is 13.2. The number of hydrogen-bond acceptors (Lipinski definition) is 5. The SMILES string of the molecule is Cc1noc(C2CCN(C(=O)C3CCN(C(=O)c4cccc5ccccc45)CC3)CC2)n1. The van der Waals surface area contributed by atoms with Crippen LogP contribution in [0.1, 0.15) is 53.7 Å². The molecule has 7 heteroatoms. The van der Waals surface area contributed by atoms with Gasteiger partial charge in [-0.15, -0.1) is 0 Å². The quantitative estimate of drug-likeness (QED) is 0.629. The summed E-state index contributed by atoms with van der Waals surface area (Å²) >= 11 is 0. The number of carbonyl (C=O) groups is 2. The van der Waals surface area contributed by atoms with Crippen LogP contribution in [0.15, 0.2) is 47.0 Å². The molecule has 3 aromatic rings. The van der Waals surface area contributed by atoms with Gasteiger partial charge in [-0.1, -0.05) is 41.6 Å². The molecule has 0 N–H and O–H groups in total. The first-order valence-corrected chi connectivity index (χ1v) is 11.5. The first kappa shape index (κ1) is 20.7. The Hall–Kier alpha value is -3.22. The zero-order chi connectivity index (χ0) is 22.1. The molecule has 2 aliphatic heterocycles. The molecule has 0 aliphatic carbocycles. The van der Waals surface area contributed by atoms with Crippen molar-refractivity contribution >= 4 is 22.6 Å². The van der Waals surface area contributed by atoms with Gasteiger partial charge in [-0.3, -0.25) is 9.59 Å². The van der Waals surface area contributed by atoms with Gasteiger partial charge in [-0.05, 0) is 49.4 Å². The van der Waals surface area contributed by atoms with Gasteiger partial charge < -0.3 is 14.3 Å². The van der Waals surface area contributed by atoms with Gasteiger partial charge in [0, 0.05) is 43.6 Å². The summed E-state index contributed by atoms with van der Waals surface area (Å²) in [5.74, 6) is 1.86. The van der Waals surface area contributed by atoms with Crippen LogP contribution in [0.3, 0.4) is 0 Å². The number of piperidine rings is 2. The summed E-state index contributed by atoms with van der Waals surface area (Å²) in [4.78, 5) is 34.5. The van der Waals surface area contributed by atoms with E-state index in [1.54, 1.807) is 0 Å². The van der Waals surface area contributed by atoms with Crippen LogP contribution in [0, 0.1) is 12.8 Å². The number of carbonyl (C=O) groups excluding carboxylic acids is 2. The first-order valence-electron chi connectivity index (χ1n) is 11.5. The maximum Gasteiger partial charge on any atom is 0.254 e. The Labute approximate surface area is 187 Å². The van der Waals surface area contributed by atoms with Gasteiger partial charge in [-0.25, -0.2) is 0 Å². The molecular weight excluding hydrogens is 404 g/mol. The lowest BCUT2D eigenvalue weighted by atomic mass is 9.91. The summed E-state index contributed by atoms with van der Waals surface area (Å²) in [7, 11) is 0. The lowest BCUT2D eigenvalue weighted by Crippen LogP contribution is -2.46. The van der Waals surface area contributed by atoms with Crippen molar-refractivity contribution in [2.45, 2.75) is 38.5 Å². The number of aryl methyl sites for hydroxylation is 1.